The number of hydrogen-bond acceptors (Lipinski definition) is 2. The summed E-state index contributed by atoms with van der Waals surface area (Å²) in [5.74, 6) is -2.20. The van der Waals surface area contributed by atoms with Crippen LogP contribution in [0.5, 0.6) is 0 Å². The van der Waals surface area contributed by atoms with Crippen molar-refractivity contribution in [1.82, 2.24) is 5.32 Å². The normalized spacial score (nSPS) is 21.5. The third-order valence-corrected chi connectivity index (χ3v) is 3.69. The van der Waals surface area contributed by atoms with Crippen molar-refractivity contribution in [2.75, 3.05) is 0 Å². The average molecular weight is 322 g/mol. The van der Waals surface area contributed by atoms with Gasteiger partial charge < -0.3 is 10.4 Å². The molecule has 1 aromatic carbocycles. The van der Waals surface area contributed by atoms with Gasteiger partial charge in [0.1, 0.15) is 0 Å². The summed E-state index contributed by atoms with van der Waals surface area (Å²) in [5.41, 5.74) is -1.24. The average Bonchev–Trinajstić information content (AvgIpc) is 2.31. The number of carbonyl (C=O) groups excluding carboxylic acids is 1. The van der Waals surface area contributed by atoms with Crippen molar-refractivity contribution in [1.29, 1.82) is 0 Å². The van der Waals surface area contributed by atoms with Crippen molar-refractivity contribution in [3.63, 3.8) is 0 Å². The van der Waals surface area contributed by atoms with Crippen LogP contribution in [-0.4, -0.2) is 23.0 Å². The maximum absolute atomic E-state index is 12.6. The van der Waals surface area contributed by atoms with E-state index in [9.17, 15) is 22.8 Å². The molecule has 0 atom stereocenters. The van der Waals surface area contributed by atoms with Gasteiger partial charge in [0.25, 0.3) is 5.91 Å². The summed E-state index contributed by atoms with van der Waals surface area (Å²) < 4.78 is 37.8. The van der Waals surface area contributed by atoms with Gasteiger partial charge in [0, 0.05) is 6.04 Å². The second-order valence-corrected chi connectivity index (χ2v) is 5.28. The Morgan fingerprint density at radius 3 is 2.43 bits per heavy atom. The third kappa shape index (κ3) is 3.47. The first-order chi connectivity index (χ1) is 9.68. The smallest absolute Gasteiger partial charge is 0.416 e. The van der Waals surface area contributed by atoms with E-state index in [1.807, 2.05) is 0 Å². The number of alkyl halides is 3. The Balaban J connectivity index is 2.08. The highest BCUT2D eigenvalue weighted by molar-refractivity contribution is 6.33. The van der Waals surface area contributed by atoms with E-state index in [4.69, 9.17) is 16.7 Å². The Labute approximate surface area is 122 Å². The fraction of sp³-hybridized carbons (Fsp3) is 0.385. The number of amides is 1. The second kappa shape index (κ2) is 5.55. The van der Waals surface area contributed by atoms with Crippen molar-refractivity contribution >= 4 is 23.5 Å². The number of carboxylic acids is 1. The number of aliphatic carboxylic acids is 1. The number of rotatable bonds is 3. The number of carbonyl (C=O) groups is 2. The van der Waals surface area contributed by atoms with Gasteiger partial charge in [-0.25, -0.2) is 0 Å². The molecule has 0 saturated heterocycles. The first-order valence-electron chi connectivity index (χ1n) is 6.09. The molecule has 0 spiro atoms. The van der Waals surface area contributed by atoms with Crippen molar-refractivity contribution in [3.8, 4) is 0 Å². The van der Waals surface area contributed by atoms with Gasteiger partial charge in [0.05, 0.1) is 22.1 Å². The first kappa shape index (κ1) is 15.6. The minimum atomic E-state index is -4.56. The lowest BCUT2D eigenvalue weighted by Crippen LogP contribution is -2.46. The number of halogens is 4. The van der Waals surface area contributed by atoms with Crippen LogP contribution < -0.4 is 5.32 Å². The fourth-order valence-electron chi connectivity index (χ4n) is 2.08. The van der Waals surface area contributed by atoms with Crippen LogP contribution in [0.15, 0.2) is 18.2 Å². The van der Waals surface area contributed by atoms with E-state index in [2.05, 4.69) is 5.32 Å². The van der Waals surface area contributed by atoms with Crippen LogP contribution in [-0.2, 0) is 11.0 Å². The van der Waals surface area contributed by atoms with Gasteiger partial charge in [-0.05, 0) is 31.0 Å². The highest BCUT2D eigenvalue weighted by Gasteiger charge is 2.36. The zero-order chi connectivity index (χ0) is 15.8. The summed E-state index contributed by atoms with van der Waals surface area (Å²) in [5, 5.41) is 11.1. The lowest BCUT2D eigenvalue weighted by atomic mass is 9.80. The highest BCUT2D eigenvalue weighted by Crippen LogP contribution is 2.32. The van der Waals surface area contributed by atoms with Crippen molar-refractivity contribution < 1.29 is 27.9 Å². The maximum Gasteiger partial charge on any atom is 0.416 e. The van der Waals surface area contributed by atoms with Gasteiger partial charge in [-0.2, -0.15) is 13.2 Å². The number of carboxylic acid groups (broad SMARTS) is 1. The molecule has 0 bridgehead atoms. The third-order valence-electron chi connectivity index (χ3n) is 3.36. The molecule has 21 heavy (non-hydrogen) atoms. The van der Waals surface area contributed by atoms with Crippen LogP contribution in [0.1, 0.15) is 28.8 Å². The largest absolute Gasteiger partial charge is 0.481 e. The van der Waals surface area contributed by atoms with Gasteiger partial charge >= 0.3 is 12.1 Å². The van der Waals surface area contributed by atoms with Gasteiger partial charge in [-0.1, -0.05) is 11.6 Å². The van der Waals surface area contributed by atoms with Gasteiger partial charge in [0.15, 0.2) is 0 Å². The molecule has 1 amide bonds. The van der Waals surface area contributed by atoms with Gasteiger partial charge in [-0.3, -0.25) is 9.59 Å². The number of benzene rings is 1. The Kier molecular flexibility index (Phi) is 4.13. The number of nitrogens with one attached hydrogen (secondary N) is 1. The lowest BCUT2D eigenvalue weighted by Gasteiger charge is -2.32. The van der Waals surface area contributed by atoms with Crippen LogP contribution in [0.2, 0.25) is 5.02 Å². The molecule has 2 N–H and O–H groups in total. The summed E-state index contributed by atoms with van der Waals surface area (Å²) in [7, 11) is 0. The van der Waals surface area contributed by atoms with Crippen LogP contribution in [0.3, 0.4) is 0 Å². The standard InChI is InChI=1S/C13H11ClF3NO3/c14-10-2-1-7(13(15,16)17)5-9(10)11(19)18-8-3-6(4-8)12(20)21/h1-2,5-6,8H,3-4H2,(H,18,19)(H,20,21). The zero-order valence-electron chi connectivity index (χ0n) is 10.6. The molecule has 114 valence electrons. The number of hydrogen-bond donors (Lipinski definition) is 2. The highest BCUT2D eigenvalue weighted by atomic mass is 35.5. The molecular formula is C13H11ClF3NO3. The SMILES string of the molecule is O=C(NC1CC(C(=O)O)C1)c1cc(C(F)(F)F)ccc1Cl. The Bertz CT molecular complexity index is 583. The molecule has 0 aromatic heterocycles. The monoisotopic (exact) mass is 321 g/mol. The molecule has 1 saturated carbocycles. The molecule has 1 aliphatic rings. The summed E-state index contributed by atoms with van der Waals surface area (Å²) >= 11 is 5.74. The Morgan fingerprint density at radius 1 is 1.29 bits per heavy atom. The molecular weight excluding hydrogens is 311 g/mol. The minimum Gasteiger partial charge on any atom is -0.481 e. The summed E-state index contributed by atoms with van der Waals surface area (Å²) in [6, 6.07) is 2.14. The predicted octanol–water partition coefficient (Wildman–Crippen LogP) is 2.95. The zero-order valence-corrected chi connectivity index (χ0v) is 11.3. The molecule has 0 radical (unpaired) electrons. The van der Waals surface area contributed by atoms with E-state index in [0.29, 0.717) is 6.07 Å². The second-order valence-electron chi connectivity index (χ2n) is 4.87. The van der Waals surface area contributed by atoms with Crippen molar-refractivity contribution in [2.45, 2.75) is 25.1 Å². The van der Waals surface area contributed by atoms with Crippen LogP contribution in [0.25, 0.3) is 0 Å². The van der Waals surface area contributed by atoms with Crippen LogP contribution in [0.4, 0.5) is 13.2 Å². The fourth-order valence-corrected chi connectivity index (χ4v) is 2.28. The van der Waals surface area contributed by atoms with E-state index in [0.717, 1.165) is 12.1 Å². The Hall–Kier alpha value is -1.76. The van der Waals surface area contributed by atoms with E-state index < -0.39 is 29.5 Å². The maximum atomic E-state index is 12.6. The van der Waals surface area contributed by atoms with Crippen LogP contribution >= 0.6 is 11.6 Å². The minimum absolute atomic E-state index is 0.0883. The van der Waals surface area contributed by atoms with Gasteiger partial charge in [-0.15, -0.1) is 0 Å². The Morgan fingerprint density at radius 2 is 1.90 bits per heavy atom. The molecule has 0 aliphatic heterocycles. The van der Waals surface area contributed by atoms with Crippen LogP contribution in [0, 0.1) is 5.92 Å². The van der Waals surface area contributed by atoms with Crippen molar-refractivity contribution in [3.05, 3.63) is 34.3 Å². The summed E-state index contributed by atoms with van der Waals surface area (Å²) in [6.45, 7) is 0. The summed E-state index contributed by atoms with van der Waals surface area (Å²) in [6.07, 6.45) is -4.04. The first-order valence-corrected chi connectivity index (χ1v) is 6.46. The molecule has 4 nitrogen and oxygen atoms in total. The quantitative estimate of drug-likeness (QED) is 0.899. The molecule has 1 aliphatic carbocycles. The van der Waals surface area contributed by atoms with Gasteiger partial charge in [0.2, 0.25) is 0 Å². The molecule has 1 aromatic rings. The molecule has 1 fully saturated rings. The predicted molar refractivity (Wildman–Crippen MR) is 68.1 cm³/mol. The summed E-state index contributed by atoms with van der Waals surface area (Å²) in [4.78, 5) is 22.5. The van der Waals surface area contributed by atoms with E-state index in [1.54, 1.807) is 0 Å². The molecule has 2 rings (SSSR count). The van der Waals surface area contributed by atoms with Crippen molar-refractivity contribution in [2.24, 2.45) is 5.92 Å². The molecule has 0 heterocycles. The topological polar surface area (TPSA) is 66.4 Å². The lowest BCUT2D eigenvalue weighted by molar-refractivity contribution is -0.145. The van der Waals surface area contributed by atoms with E-state index in [1.165, 1.54) is 0 Å². The molecule has 8 heteroatoms. The van der Waals surface area contributed by atoms with E-state index >= 15 is 0 Å². The molecule has 0 unspecified atom stereocenters. The van der Waals surface area contributed by atoms with E-state index in [-0.39, 0.29) is 29.5 Å².